The van der Waals surface area contributed by atoms with Gasteiger partial charge in [-0.25, -0.2) is 0 Å². The van der Waals surface area contributed by atoms with Crippen LogP contribution in [0.4, 0.5) is 0 Å². The minimum atomic E-state index is -0.00191. The van der Waals surface area contributed by atoms with Crippen molar-refractivity contribution in [3.05, 3.63) is 63.8 Å². The zero-order valence-corrected chi connectivity index (χ0v) is 18.0. The molecule has 1 aromatic carbocycles. The monoisotopic (exact) mass is 398 g/mol. The number of amides is 1. The lowest BCUT2D eigenvalue weighted by atomic mass is 10.1. The first-order chi connectivity index (χ1) is 13.4. The summed E-state index contributed by atoms with van der Waals surface area (Å²) in [6.45, 7) is 6.61. The number of rotatable bonds is 6. The zero-order chi connectivity index (χ0) is 20.4. The number of methoxy groups -OCH3 is 2. The molecule has 6 heteroatoms. The van der Waals surface area contributed by atoms with Crippen LogP contribution in [0.15, 0.2) is 35.7 Å². The van der Waals surface area contributed by atoms with E-state index in [1.807, 2.05) is 37.6 Å². The molecule has 2 aromatic heterocycles. The van der Waals surface area contributed by atoms with E-state index < -0.39 is 0 Å². The summed E-state index contributed by atoms with van der Waals surface area (Å²) in [4.78, 5) is 14.9. The van der Waals surface area contributed by atoms with Crippen LogP contribution < -0.4 is 9.47 Å². The number of carbonyl (C=O) groups excluding carboxylic acids is 1. The number of hydrogen-bond acceptors (Lipinski definition) is 4. The predicted octanol–water partition coefficient (Wildman–Crippen LogP) is 4.75. The van der Waals surface area contributed by atoms with Crippen LogP contribution in [-0.4, -0.2) is 36.6 Å². The van der Waals surface area contributed by atoms with Gasteiger partial charge < -0.3 is 18.9 Å². The van der Waals surface area contributed by atoms with Crippen LogP contribution >= 0.6 is 11.3 Å². The molecule has 0 unspecified atom stereocenters. The van der Waals surface area contributed by atoms with Crippen molar-refractivity contribution in [2.24, 2.45) is 0 Å². The highest BCUT2D eigenvalue weighted by Gasteiger charge is 2.21. The number of carbonyl (C=O) groups is 1. The molecular formula is C22H26N2O3S. The molecule has 0 saturated carbocycles. The molecule has 0 aliphatic heterocycles. The Kier molecular flexibility index (Phi) is 5.79. The molecule has 0 radical (unpaired) electrons. The van der Waals surface area contributed by atoms with Gasteiger partial charge in [0.1, 0.15) is 5.00 Å². The van der Waals surface area contributed by atoms with Crippen molar-refractivity contribution in [1.29, 1.82) is 0 Å². The Balaban J connectivity index is 1.89. The number of hydrogen-bond donors (Lipinski definition) is 0. The lowest BCUT2D eigenvalue weighted by Crippen LogP contribution is -2.27. The van der Waals surface area contributed by atoms with E-state index in [-0.39, 0.29) is 5.91 Å². The average Bonchev–Trinajstić information content (AvgIpc) is 3.28. The van der Waals surface area contributed by atoms with Crippen LogP contribution in [0.2, 0.25) is 0 Å². The maximum Gasteiger partial charge on any atom is 0.256 e. The van der Waals surface area contributed by atoms with E-state index >= 15 is 0 Å². The third-order valence-electron chi connectivity index (χ3n) is 4.95. The van der Waals surface area contributed by atoms with E-state index in [0.717, 1.165) is 27.5 Å². The Morgan fingerprint density at radius 3 is 2.25 bits per heavy atom. The van der Waals surface area contributed by atoms with Crippen LogP contribution in [-0.2, 0) is 6.54 Å². The SMILES string of the molecule is COc1cc(C)c(CN(C)C(=O)c2ccsc2-n2c(C)ccc2C)cc1OC. The summed E-state index contributed by atoms with van der Waals surface area (Å²) < 4.78 is 12.9. The number of ether oxygens (including phenoxy) is 2. The fourth-order valence-electron chi connectivity index (χ4n) is 3.35. The second kappa shape index (κ2) is 8.10. The highest BCUT2D eigenvalue weighted by molar-refractivity contribution is 7.13. The summed E-state index contributed by atoms with van der Waals surface area (Å²) in [7, 11) is 5.07. The zero-order valence-electron chi connectivity index (χ0n) is 17.2. The topological polar surface area (TPSA) is 43.7 Å². The van der Waals surface area contributed by atoms with E-state index in [2.05, 4.69) is 30.5 Å². The van der Waals surface area contributed by atoms with Crippen LogP contribution in [0.25, 0.3) is 5.00 Å². The van der Waals surface area contributed by atoms with Gasteiger partial charge in [0.2, 0.25) is 0 Å². The van der Waals surface area contributed by atoms with Crippen molar-refractivity contribution in [3.8, 4) is 16.5 Å². The normalized spacial score (nSPS) is 10.8. The first-order valence-electron chi connectivity index (χ1n) is 9.07. The molecule has 0 fully saturated rings. The lowest BCUT2D eigenvalue weighted by molar-refractivity contribution is 0.0785. The number of aryl methyl sites for hydroxylation is 3. The van der Waals surface area contributed by atoms with Gasteiger partial charge >= 0.3 is 0 Å². The molecule has 0 spiro atoms. The molecule has 0 saturated heterocycles. The minimum absolute atomic E-state index is 0.00191. The van der Waals surface area contributed by atoms with Crippen molar-refractivity contribution in [2.75, 3.05) is 21.3 Å². The third kappa shape index (κ3) is 3.64. The molecule has 0 aliphatic rings. The van der Waals surface area contributed by atoms with Crippen molar-refractivity contribution in [3.63, 3.8) is 0 Å². The molecule has 0 bridgehead atoms. The maximum absolute atomic E-state index is 13.2. The summed E-state index contributed by atoms with van der Waals surface area (Å²) in [5.41, 5.74) is 5.03. The van der Waals surface area contributed by atoms with Gasteiger partial charge in [0.25, 0.3) is 5.91 Å². The Morgan fingerprint density at radius 1 is 1.04 bits per heavy atom. The summed E-state index contributed by atoms with van der Waals surface area (Å²) in [5, 5.41) is 2.93. The van der Waals surface area contributed by atoms with Crippen molar-refractivity contribution < 1.29 is 14.3 Å². The van der Waals surface area contributed by atoms with Crippen LogP contribution in [0.5, 0.6) is 11.5 Å². The quantitative estimate of drug-likeness (QED) is 0.602. The van der Waals surface area contributed by atoms with Crippen LogP contribution in [0, 0.1) is 20.8 Å². The minimum Gasteiger partial charge on any atom is -0.493 e. The van der Waals surface area contributed by atoms with Gasteiger partial charge in [-0.05, 0) is 67.6 Å². The second-order valence-corrected chi connectivity index (χ2v) is 7.78. The summed E-state index contributed by atoms with van der Waals surface area (Å²) >= 11 is 1.58. The first kappa shape index (κ1) is 20.0. The molecule has 0 aliphatic carbocycles. The second-order valence-electron chi connectivity index (χ2n) is 6.89. The Hall–Kier alpha value is -2.73. The van der Waals surface area contributed by atoms with E-state index in [0.29, 0.717) is 23.6 Å². The van der Waals surface area contributed by atoms with E-state index in [1.54, 1.807) is 30.5 Å². The number of aromatic nitrogens is 1. The predicted molar refractivity (Wildman–Crippen MR) is 113 cm³/mol. The largest absolute Gasteiger partial charge is 0.493 e. The van der Waals surface area contributed by atoms with Gasteiger partial charge in [0, 0.05) is 25.0 Å². The Labute approximate surface area is 170 Å². The molecule has 5 nitrogen and oxygen atoms in total. The van der Waals surface area contributed by atoms with Crippen LogP contribution in [0.1, 0.15) is 32.9 Å². The molecule has 1 amide bonds. The van der Waals surface area contributed by atoms with Gasteiger partial charge in [-0.3, -0.25) is 4.79 Å². The highest BCUT2D eigenvalue weighted by atomic mass is 32.1. The summed E-state index contributed by atoms with van der Waals surface area (Å²) in [5.74, 6) is 1.35. The van der Waals surface area contributed by atoms with Gasteiger partial charge in [-0.1, -0.05) is 0 Å². The molecule has 3 aromatic rings. The molecule has 2 heterocycles. The molecule has 3 rings (SSSR count). The fourth-order valence-corrected chi connectivity index (χ4v) is 4.36. The summed E-state index contributed by atoms with van der Waals surface area (Å²) in [6, 6.07) is 9.92. The van der Waals surface area contributed by atoms with Crippen molar-refractivity contribution in [1.82, 2.24) is 9.47 Å². The molecule has 0 atom stereocenters. The standard InChI is InChI=1S/C22H26N2O3S/c1-14-11-19(26-5)20(27-6)12-17(14)13-23(4)21(25)18-9-10-28-22(18)24-15(2)7-8-16(24)3/h7-12H,13H2,1-6H3. The summed E-state index contributed by atoms with van der Waals surface area (Å²) in [6.07, 6.45) is 0. The smallest absolute Gasteiger partial charge is 0.256 e. The fraction of sp³-hybridized carbons (Fsp3) is 0.318. The van der Waals surface area contributed by atoms with E-state index in [1.165, 1.54) is 0 Å². The molecule has 148 valence electrons. The van der Waals surface area contributed by atoms with E-state index in [9.17, 15) is 4.79 Å². The average molecular weight is 399 g/mol. The first-order valence-corrected chi connectivity index (χ1v) is 9.95. The van der Waals surface area contributed by atoms with Crippen molar-refractivity contribution >= 4 is 17.2 Å². The molecular weight excluding hydrogens is 372 g/mol. The molecule has 28 heavy (non-hydrogen) atoms. The molecule has 0 N–H and O–H groups in total. The van der Waals surface area contributed by atoms with Gasteiger partial charge in [0.05, 0.1) is 19.8 Å². The number of thiophene rings is 1. The van der Waals surface area contributed by atoms with Crippen molar-refractivity contribution in [2.45, 2.75) is 27.3 Å². The van der Waals surface area contributed by atoms with Gasteiger partial charge in [0.15, 0.2) is 11.5 Å². The third-order valence-corrected chi connectivity index (χ3v) is 5.84. The maximum atomic E-state index is 13.2. The number of benzene rings is 1. The van der Waals surface area contributed by atoms with Crippen LogP contribution in [0.3, 0.4) is 0 Å². The number of nitrogens with zero attached hydrogens (tertiary/aromatic N) is 2. The van der Waals surface area contributed by atoms with E-state index in [4.69, 9.17) is 9.47 Å². The highest BCUT2D eigenvalue weighted by Crippen LogP contribution is 2.31. The lowest BCUT2D eigenvalue weighted by Gasteiger charge is -2.21. The van der Waals surface area contributed by atoms with Gasteiger partial charge in [-0.2, -0.15) is 0 Å². The Bertz CT molecular complexity index is 984. The van der Waals surface area contributed by atoms with Gasteiger partial charge in [-0.15, -0.1) is 11.3 Å². The Morgan fingerprint density at radius 2 is 1.64 bits per heavy atom.